The standard InChI is InChI=1S/C20H36N4O5Si/c1-10-14-13(2)16(29-30(8,9)20(3,4)5)17(27-14)24-12-11-15(21-18(24)25)22-28-19(26)23(6)7/h11-14,16-17H,10H2,1-9H3,(H,21,22,25)/t13-,14+,16?,17+/m0/s1. The van der Waals surface area contributed by atoms with Gasteiger partial charge in [-0.3, -0.25) is 4.57 Å². The van der Waals surface area contributed by atoms with Crippen molar-refractivity contribution in [2.45, 2.75) is 77.6 Å². The zero-order valence-electron chi connectivity index (χ0n) is 19.6. The molecule has 1 unspecified atom stereocenters. The molecule has 0 spiro atoms. The number of ether oxygens (including phenoxy) is 1. The van der Waals surface area contributed by atoms with Gasteiger partial charge in [-0.15, -0.1) is 0 Å². The Bertz CT molecular complexity index is 805. The molecule has 1 N–H and O–H groups in total. The molecule has 1 aliphatic heterocycles. The summed E-state index contributed by atoms with van der Waals surface area (Å²) in [5, 5.41) is 0.0366. The van der Waals surface area contributed by atoms with Gasteiger partial charge in [0, 0.05) is 32.3 Å². The van der Waals surface area contributed by atoms with E-state index in [9.17, 15) is 9.59 Å². The molecule has 0 bridgehead atoms. The van der Waals surface area contributed by atoms with Crippen LogP contribution in [-0.4, -0.2) is 55.2 Å². The lowest BCUT2D eigenvalue weighted by Gasteiger charge is -2.40. The van der Waals surface area contributed by atoms with Crippen LogP contribution in [-0.2, 0) is 14.0 Å². The molecule has 1 amide bonds. The molecule has 170 valence electrons. The highest BCUT2D eigenvalue weighted by atomic mass is 28.4. The van der Waals surface area contributed by atoms with Crippen molar-refractivity contribution in [2.24, 2.45) is 5.92 Å². The number of nitrogens with zero attached hydrogens (tertiary/aromatic N) is 3. The highest BCUT2D eigenvalue weighted by Crippen LogP contribution is 2.43. The van der Waals surface area contributed by atoms with Gasteiger partial charge < -0.3 is 18.9 Å². The summed E-state index contributed by atoms with van der Waals surface area (Å²) in [5.41, 5.74) is 1.90. The van der Waals surface area contributed by atoms with Crippen LogP contribution in [0, 0.1) is 5.92 Å². The van der Waals surface area contributed by atoms with Crippen LogP contribution in [0.2, 0.25) is 18.1 Å². The third kappa shape index (κ3) is 5.22. The Morgan fingerprint density at radius 1 is 1.37 bits per heavy atom. The van der Waals surface area contributed by atoms with Gasteiger partial charge in [-0.2, -0.15) is 10.5 Å². The van der Waals surface area contributed by atoms with Crippen LogP contribution in [0.5, 0.6) is 0 Å². The summed E-state index contributed by atoms with van der Waals surface area (Å²) < 4.78 is 14.4. The van der Waals surface area contributed by atoms with Crippen LogP contribution in [0.25, 0.3) is 0 Å². The molecule has 9 nitrogen and oxygen atoms in total. The third-order valence-electron chi connectivity index (χ3n) is 6.05. The predicted molar refractivity (Wildman–Crippen MR) is 118 cm³/mol. The Morgan fingerprint density at radius 3 is 2.50 bits per heavy atom. The zero-order chi connectivity index (χ0) is 22.9. The van der Waals surface area contributed by atoms with E-state index in [1.807, 2.05) is 0 Å². The zero-order valence-corrected chi connectivity index (χ0v) is 20.6. The third-order valence-corrected chi connectivity index (χ3v) is 10.5. The maximum atomic E-state index is 12.8. The Balaban J connectivity index is 2.28. The molecular weight excluding hydrogens is 404 g/mol. The summed E-state index contributed by atoms with van der Waals surface area (Å²) in [5.74, 6) is 0.284. The van der Waals surface area contributed by atoms with Crippen molar-refractivity contribution in [1.29, 1.82) is 0 Å². The van der Waals surface area contributed by atoms with Gasteiger partial charge in [0.15, 0.2) is 20.4 Å². The van der Waals surface area contributed by atoms with Crippen molar-refractivity contribution < 1.29 is 18.8 Å². The van der Waals surface area contributed by atoms with E-state index in [1.165, 1.54) is 9.47 Å². The van der Waals surface area contributed by atoms with Gasteiger partial charge in [-0.1, -0.05) is 34.6 Å². The first-order valence-electron chi connectivity index (χ1n) is 10.3. The number of hydrogen-bond donors (Lipinski definition) is 1. The quantitative estimate of drug-likeness (QED) is 0.533. The minimum atomic E-state index is -2.08. The highest BCUT2D eigenvalue weighted by Gasteiger charge is 2.48. The molecular formula is C20H36N4O5Si. The van der Waals surface area contributed by atoms with Crippen molar-refractivity contribution in [2.75, 3.05) is 19.6 Å². The number of hydrogen-bond acceptors (Lipinski definition) is 7. The van der Waals surface area contributed by atoms with Crippen LogP contribution in [0.4, 0.5) is 10.6 Å². The van der Waals surface area contributed by atoms with E-state index in [0.29, 0.717) is 0 Å². The summed E-state index contributed by atoms with van der Waals surface area (Å²) in [6.45, 7) is 15.1. The van der Waals surface area contributed by atoms with Crippen molar-refractivity contribution >= 4 is 20.2 Å². The van der Waals surface area contributed by atoms with Crippen molar-refractivity contribution in [3.05, 3.63) is 22.7 Å². The Labute approximate surface area is 179 Å². The molecule has 0 radical (unpaired) electrons. The van der Waals surface area contributed by atoms with Gasteiger partial charge in [0.05, 0.1) is 12.2 Å². The summed E-state index contributed by atoms with van der Waals surface area (Å²) in [4.78, 5) is 34.4. The summed E-state index contributed by atoms with van der Waals surface area (Å²) >= 11 is 0. The highest BCUT2D eigenvalue weighted by molar-refractivity contribution is 6.74. The first-order chi connectivity index (χ1) is 13.8. The predicted octanol–water partition coefficient (Wildman–Crippen LogP) is 3.60. The number of aromatic nitrogens is 2. The maximum absolute atomic E-state index is 12.8. The smallest absolute Gasteiger partial charge is 0.409 e. The number of carbonyl (C=O) groups is 1. The Hall–Kier alpha value is -1.91. The van der Waals surface area contributed by atoms with Gasteiger partial charge in [-0.25, -0.2) is 9.59 Å². The van der Waals surface area contributed by atoms with E-state index >= 15 is 0 Å². The van der Waals surface area contributed by atoms with E-state index < -0.39 is 26.3 Å². The van der Waals surface area contributed by atoms with E-state index in [2.05, 4.69) is 58.2 Å². The summed E-state index contributed by atoms with van der Waals surface area (Å²) in [6, 6.07) is 1.57. The van der Waals surface area contributed by atoms with Crippen LogP contribution in [0.15, 0.2) is 17.1 Å². The lowest BCUT2D eigenvalue weighted by Crippen LogP contribution is -2.47. The maximum Gasteiger partial charge on any atom is 0.433 e. The van der Waals surface area contributed by atoms with E-state index in [0.717, 1.165) is 6.42 Å². The number of rotatable bonds is 6. The first-order valence-corrected chi connectivity index (χ1v) is 13.3. The molecule has 1 fully saturated rings. The SMILES string of the molecule is CC[C@H]1O[C@@H](n2ccc(NOC(=O)N(C)C)nc2=O)C(O[Si](C)(C)C(C)(C)C)[C@H]1C. The topological polar surface area (TPSA) is 94.9 Å². The van der Waals surface area contributed by atoms with Gasteiger partial charge >= 0.3 is 11.8 Å². The van der Waals surface area contributed by atoms with Gasteiger partial charge in [0.1, 0.15) is 0 Å². The van der Waals surface area contributed by atoms with E-state index in [1.54, 1.807) is 26.4 Å². The van der Waals surface area contributed by atoms with Gasteiger partial charge in [0.2, 0.25) is 0 Å². The van der Waals surface area contributed by atoms with Crippen LogP contribution in [0.3, 0.4) is 0 Å². The summed E-state index contributed by atoms with van der Waals surface area (Å²) in [7, 11) is 1.03. The molecule has 1 aliphatic rings. The number of anilines is 1. The molecule has 0 saturated carbocycles. The lowest BCUT2D eigenvalue weighted by atomic mass is 9.99. The molecule has 30 heavy (non-hydrogen) atoms. The second kappa shape index (κ2) is 9.07. The second-order valence-electron chi connectivity index (χ2n) is 9.54. The average Bonchev–Trinajstić information content (AvgIpc) is 2.94. The van der Waals surface area contributed by atoms with Crippen molar-refractivity contribution in [1.82, 2.24) is 14.5 Å². The molecule has 0 aliphatic carbocycles. The van der Waals surface area contributed by atoms with Gasteiger partial charge in [-0.05, 0) is 24.6 Å². The van der Waals surface area contributed by atoms with E-state index in [4.69, 9.17) is 14.0 Å². The Kier molecular flexibility index (Phi) is 7.36. The molecule has 2 heterocycles. The van der Waals surface area contributed by atoms with Crippen LogP contribution < -0.4 is 11.2 Å². The average molecular weight is 441 g/mol. The monoisotopic (exact) mass is 440 g/mol. The molecule has 10 heteroatoms. The molecule has 0 aromatic carbocycles. The fraction of sp³-hybridized carbons (Fsp3) is 0.750. The molecule has 4 atom stereocenters. The Morgan fingerprint density at radius 2 is 2.00 bits per heavy atom. The van der Waals surface area contributed by atoms with Gasteiger partial charge in [0.25, 0.3) is 0 Å². The second-order valence-corrected chi connectivity index (χ2v) is 14.3. The lowest BCUT2D eigenvalue weighted by molar-refractivity contribution is -0.0370. The van der Waals surface area contributed by atoms with Crippen LogP contribution in [0.1, 0.15) is 47.3 Å². The molecule has 1 aromatic heterocycles. The van der Waals surface area contributed by atoms with Crippen LogP contribution >= 0.6 is 0 Å². The molecule has 2 rings (SSSR count). The largest absolute Gasteiger partial charge is 0.433 e. The number of carbonyl (C=O) groups excluding carboxylic acids is 1. The first kappa shape index (κ1) is 24.4. The molecule has 1 aromatic rings. The summed E-state index contributed by atoms with van der Waals surface area (Å²) in [6.07, 6.45) is 1.02. The number of nitrogens with one attached hydrogen (secondary N) is 1. The fourth-order valence-electron chi connectivity index (χ4n) is 3.08. The van der Waals surface area contributed by atoms with Crippen molar-refractivity contribution in [3.63, 3.8) is 0 Å². The number of amides is 1. The van der Waals surface area contributed by atoms with Crippen molar-refractivity contribution in [3.8, 4) is 0 Å². The minimum Gasteiger partial charge on any atom is -0.409 e. The minimum absolute atomic E-state index is 0.00415. The normalized spacial score (nSPS) is 24.6. The fourth-order valence-corrected chi connectivity index (χ4v) is 4.44. The molecule has 1 saturated heterocycles. The van der Waals surface area contributed by atoms with E-state index in [-0.39, 0.29) is 29.0 Å².